The van der Waals surface area contributed by atoms with Gasteiger partial charge in [0.25, 0.3) is 0 Å². The molecule has 0 spiro atoms. The van der Waals surface area contributed by atoms with E-state index >= 15 is 0 Å². The fourth-order valence-electron chi connectivity index (χ4n) is 2.24. The van der Waals surface area contributed by atoms with Crippen LogP contribution in [0.3, 0.4) is 0 Å². The molecule has 0 saturated heterocycles. The second kappa shape index (κ2) is 18.0. The summed E-state index contributed by atoms with van der Waals surface area (Å²) in [6, 6.07) is 0. The molecule has 0 aliphatic heterocycles. The third-order valence-corrected chi connectivity index (χ3v) is 3.48. The van der Waals surface area contributed by atoms with E-state index in [1.807, 2.05) is 12.2 Å². The summed E-state index contributed by atoms with van der Waals surface area (Å²) >= 11 is 0. The molecule has 0 nitrogen and oxygen atoms in total. The van der Waals surface area contributed by atoms with Crippen molar-refractivity contribution in [3.63, 3.8) is 0 Å². The highest BCUT2D eigenvalue weighted by molar-refractivity contribution is 4.99. The van der Waals surface area contributed by atoms with E-state index in [9.17, 15) is 0 Å². The van der Waals surface area contributed by atoms with Gasteiger partial charge in [-0.25, -0.2) is 0 Å². The molecule has 0 atom stereocenters. The van der Waals surface area contributed by atoms with Crippen molar-refractivity contribution in [1.29, 1.82) is 0 Å². The van der Waals surface area contributed by atoms with E-state index in [0.29, 0.717) is 0 Å². The zero-order chi connectivity index (χ0) is 14.7. The van der Waals surface area contributed by atoms with Gasteiger partial charge in [-0.15, -0.1) is 5.73 Å². The Balaban J connectivity index is 3.14. The highest BCUT2D eigenvalue weighted by atomic mass is 14.0. The van der Waals surface area contributed by atoms with Gasteiger partial charge in [0.2, 0.25) is 0 Å². The van der Waals surface area contributed by atoms with Crippen LogP contribution in [0.15, 0.2) is 42.7 Å². The predicted molar refractivity (Wildman–Crippen MR) is 93.1 cm³/mol. The van der Waals surface area contributed by atoms with E-state index in [2.05, 4.69) is 31.4 Å². The SMILES string of the molecule is C=CC=C=CC/C=C/CCCCCCCCCCCC. The van der Waals surface area contributed by atoms with Gasteiger partial charge >= 0.3 is 0 Å². The summed E-state index contributed by atoms with van der Waals surface area (Å²) in [5.41, 5.74) is 3.06. The molecule has 0 heterocycles. The molecule has 0 bridgehead atoms. The highest BCUT2D eigenvalue weighted by Crippen LogP contribution is 2.11. The molecule has 114 valence electrons. The maximum Gasteiger partial charge on any atom is -0.00929 e. The van der Waals surface area contributed by atoms with Crippen molar-refractivity contribution in [1.82, 2.24) is 0 Å². The van der Waals surface area contributed by atoms with Crippen LogP contribution in [0, 0.1) is 0 Å². The standard InChI is InChI=1S/C20H34/c1-3-5-7-9-11-13-15-17-19-20-18-16-14-12-10-8-6-4-2/h3,5,9,13,15H,1,4,6,8,10-12,14,16-20H2,2H3/b15-13+. The summed E-state index contributed by atoms with van der Waals surface area (Å²) in [4.78, 5) is 0. The van der Waals surface area contributed by atoms with Gasteiger partial charge in [-0.1, -0.05) is 89.5 Å². The monoisotopic (exact) mass is 274 g/mol. The fourth-order valence-corrected chi connectivity index (χ4v) is 2.24. The van der Waals surface area contributed by atoms with Crippen molar-refractivity contribution >= 4 is 0 Å². The predicted octanol–water partition coefficient (Wildman–Crippen LogP) is 7.14. The largest absolute Gasteiger partial charge is 0.125 e. The zero-order valence-corrected chi connectivity index (χ0v) is 13.6. The number of hydrogen-bond acceptors (Lipinski definition) is 0. The van der Waals surface area contributed by atoms with Gasteiger partial charge in [0.15, 0.2) is 0 Å². The Morgan fingerprint density at radius 2 is 1.40 bits per heavy atom. The average molecular weight is 274 g/mol. The lowest BCUT2D eigenvalue weighted by Crippen LogP contribution is -1.81. The topological polar surface area (TPSA) is 0 Å². The molecular formula is C20H34. The molecule has 0 aliphatic rings. The Morgan fingerprint density at radius 1 is 0.800 bits per heavy atom. The first-order valence-corrected chi connectivity index (χ1v) is 8.58. The van der Waals surface area contributed by atoms with Crippen LogP contribution in [0.25, 0.3) is 0 Å². The maximum absolute atomic E-state index is 3.61. The van der Waals surface area contributed by atoms with Gasteiger partial charge in [-0.2, -0.15) is 0 Å². The second-order valence-corrected chi connectivity index (χ2v) is 5.45. The highest BCUT2D eigenvalue weighted by Gasteiger charge is 1.91. The average Bonchev–Trinajstić information content (AvgIpc) is 2.47. The Hall–Kier alpha value is -1.00. The molecule has 0 aromatic rings. The smallest absolute Gasteiger partial charge is 0.00929 e. The Labute approximate surface area is 127 Å². The van der Waals surface area contributed by atoms with Crippen LogP contribution in [0.2, 0.25) is 0 Å². The molecule has 0 aromatic heterocycles. The van der Waals surface area contributed by atoms with Crippen molar-refractivity contribution in [2.75, 3.05) is 0 Å². The molecule has 0 saturated carbocycles. The number of hydrogen-bond donors (Lipinski definition) is 0. The van der Waals surface area contributed by atoms with Crippen molar-refractivity contribution in [3.05, 3.63) is 42.7 Å². The van der Waals surface area contributed by atoms with Crippen LogP contribution in [0.1, 0.15) is 84.0 Å². The van der Waals surface area contributed by atoms with Crippen LogP contribution in [-0.2, 0) is 0 Å². The maximum atomic E-state index is 3.61. The summed E-state index contributed by atoms with van der Waals surface area (Å²) in [5.74, 6) is 0. The van der Waals surface area contributed by atoms with Gasteiger partial charge in [0.05, 0.1) is 0 Å². The van der Waals surface area contributed by atoms with E-state index < -0.39 is 0 Å². The van der Waals surface area contributed by atoms with Crippen LogP contribution in [-0.4, -0.2) is 0 Å². The van der Waals surface area contributed by atoms with Crippen molar-refractivity contribution in [3.8, 4) is 0 Å². The quantitative estimate of drug-likeness (QED) is 0.137. The summed E-state index contributed by atoms with van der Waals surface area (Å²) in [7, 11) is 0. The number of allylic oxidation sites excluding steroid dienone is 4. The third kappa shape index (κ3) is 17.0. The number of unbranched alkanes of at least 4 members (excludes halogenated alkanes) is 10. The van der Waals surface area contributed by atoms with Gasteiger partial charge in [0, 0.05) is 0 Å². The lowest BCUT2D eigenvalue weighted by Gasteiger charge is -2.01. The van der Waals surface area contributed by atoms with Gasteiger partial charge in [-0.3, -0.25) is 0 Å². The van der Waals surface area contributed by atoms with Crippen LogP contribution >= 0.6 is 0 Å². The minimum absolute atomic E-state index is 0.988. The first kappa shape index (κ1) is 19.0. The lowest BCUT2D eigenvalue weighted by molar-refractivity contribution is 0.557. The van der Waals surface area contributed by atoms with E-state index in [-0.39, 0.29) is 0 Å². The van der Waals surface area contributed by atoms with E-state index in [1.54, 1.807) is 6.08 Å². The molecular weight excluding hydrogens is 240 g/mol. The zero-order valence-electron chi connectivity index (χ0n) is 13.6. The minimum Gasteiger partial charge on any atom is -0.125 e. The summed E-state index contributed by atoms with van der Waals surface area (Å²) in [6.07, 6.45) is 26.5. The molecule has 0 N–H and O–H groups in total. The molecule has 0 aliphatic carbocycles. The lowest BCUT2D eigenvalue weighted by atomic mass is 10.1. The first-order valence-electron chi connectivity index (χ1n) is 8.58. The third-order valence-electron chi connectivity index (χ3n) is 3.48. The molecule has 0 amide bonds. The minimum atomic E-state index is 0.988. The molecule has 0 rings (SSSR count). The second-order valence-electron chi connectivity index (χ2n) is 5.45. The normalized spacial score (nSPS) is 10.4. The summed E-state index contributed by atoms with van der Waals surface area (Å²) < 4.78 is 0. The van der Waals surface area contributed by atoms with E-state index in [0.717, 1.165) is 6.42 Å². The molecule has 20 heavy (non-hydrogen) atoms. The Bertz CT molecular complexity index is 276. The molecule has 0 aromatic carbocycles. The molecule has 0 unspecified atom stereocenters. The van der Waals surface area contributed by atoms with E-state index in [1.165, 1.54) is 70.6 Å². The number of rotatable bonds is 14. The summed E-state index contributed by atoms with van der Waals surface area (Å²) in [5, 5.41) is 0. The first-order chi connectivity index (χ1) is 9.91. The van der Waals surface area contributed by atoms with Gasteiger partial charge < -0.3 is 0 Å². The Morgan fingerprint density at radius 3 is 2.00 bits per heavy atom. The van der Waals surface area contributed by atoms with Gasteiger partial charge in [0.1, 0.15) is 0 Å². The Kier molecular flexibility index (Phi) is 17.1. The van der Waals surface area contributed by atoms with E-state index in [4.69, 9.17) is 0 Å². The molecule has 0 heteroatoms. The van der Waals surface area contributed by atoms with Crippen LogP contribution < -0.4 is 0 Å². The van der Waals surface area contributed by atoms with Crippen molar-refractivity contribution < 1.29 is 0 Å². The molecule has 0 fully saturated rings. The van der Waals surface area contributed by atoms with Crippen LogP contribution in [0.5, 0.6) is 0 Å². The van der Waals surface area contributed by atoms with Crippen molar-refractivity contribution in [2.24, 2.45) is 0 Å². The van der Waals surface area contributed by atoms with Gasteiger partial charge in [-0.05, 0) is 31.4 Å². The molecule has 0 radical (unpaired) electrons. The summed E-state index contributed by atoms with van der Waals surface area (Å²) in [6.45, 7) is 5.89. The van der Waals surface area contributed by atoms with Crippen molar-refractivity contribution in [2.45, 2.75) is 84.0 Å². The van der Waals surface area contributed by atoms with Crippen LogP contribution in [0.4, 0.5) is 0 Å². The fraction of sp³-hybridized carbons (Fsp3) is 0.650.